The number of anilines is 1. The number of halogens is 2. The number of methoxy groups -OCH3 is 1. The van der Waals surface area contributed by atoms with E-state index in [-0.39, 0.29) is 58.4 Å². The summed E-state index contributed by atoms with van der Waals surface area (Å²) in [4.78, 5) is 18.3. The van der Waals surface area contributed by atoms with Crippen LogP contribution in [0.4, 0.5) is 14.6 Å². The summed E-state index contributed by atoms with van der Waals surface area (Å²) in [5.74, 6) is -0.970. The van der Waals surface area contributed by atoms with Crippen molar-refractivity contribution in [1.29, 1.82) is 0 Å². The highest BCUT2D eigenvalue weighted by atomic mass is 19.1. The summed E-state index contributed by atoms with van der Waals surface area (Å²) in [6, 6.07) is 6.22. The Morgan fingerprint density at radius 3 is 2.57 bits per heavy atom. The van der Waals surface area contributed by atoms with Crippen LogP contribution < -0.4 is 14.4 Å². The molecule has 2 aromatic heterocycles. The van der Waals surface area contributed by atoms with E-state index in [0.717, 1.165) is 45.3 Å². The molecule has 3 saturated heterocycles. The number of piperidine rings is 1. The molecular formula is C41H53F2N5O6. The molecule has 4 atom stereocenters. The summed E-state index contributed by atoms with van der Waals surface area (Å²) >= 11 is 0. The van der Waals surface area contributed by atoms with Crippen molar-refractivity contribution < 1.29 is 37.9 Å². The van der Waals surface area contributed by atoms with Gasteiger partial charge in [-0.25, -0.2) is 13.8 Å². The lowest BCUT2D eigenvalue weighted by molar-refractivity contribution is 0.0133. The van der Waals surface area contributed by atoms with E-state index < -0.39 is 17.7 Å². The van der Waals surface area contributed by atoms with E-state index in [1.54, 1.807) is 6.07 Å². The van der Waals surface area contributed by atoms with Gasteiger partial charge in [-0.1, -0.05) is 19.4 Å². The van der Waals surface area contributed by atoms with Gasteiger partial charge in [0, 0.05) is 36.7 Å². The number of pyridine rings is 1. The first-order valence-electron chi connectivity index (χ1n) is 19.5. The minimum Gasteiger partial charge on any atom is -0.508 e. The zero-order chi connectivity index (χ0) is 38.0. The van der Waals surface area contributed by atoms with Crippen molar-refractivity contribution in [1.82, 2.24) is 19.9 Å². The number of aromatic nitrogens is 3. The summed E-state index contributed by atoms with van der Waals surface area (Å²) in [6.45, 7) is 7.44. The number of hydrogen-bond acceptors (Lipinski definition) is 11. The second-order valence-corrected chi connectivity index (χ2v) is 15.3. The van der Waals surface area contributed by atoms with Gasteiger partial charge in [-0.2, -0.15) is 9.97 Å². The minimum atomic E-state index is -0.799. The highest BCUT2D eigenvalue weighted by Crippen LogP contribution is 2.48. The van der Waals surface area contributed by atoms with Gasteiger partial charge in [0.15, 0.2) is 5.82 Å². The number of aliphatic hydroxyl groups is 1. The third-order valence-electron chi connectivity index (χ3n) is 11.7. The molecule has 0 amide bonds. The van der Waals surface area contributed by atoms with Crippen molar-refractivity contribution in [2.45, 2.75) is 89.9 Å². The monoisotopic (exact) mass is 749 g/mol. The number of ether oxygens (including phenoxy) is 4. The van der Waals surface area contributed by atoms with E-state index in [2.05, 4.69) is 28.8 Å². The largest absolute Gasteiger partial charge is 0.508 e. The Morgan fingerprint density at radius 1 is 1.00 bits per heavy atom. The highest BCUT2D eigenvalue weighted by molar-refractivity contribution is 6.03. The number of nitrogens with zero attached hydrogens (tertiary/aromatic N) is 5. The highest BCUT2D eigenvalue weighted by Gasteiger charge is 2.47. The Morgan fingerprint density at radius 2 is 1.83 bits per heavy atom. The van der Waals surface area contributed by atoms with E-state index >= 15 is 8.78 Å². The predicted octanol–water partition coefficient (Wildman–Crippen LogP) is 6.82. The fraction of sp³-hybridized carbons (Fsp3) is 0.585. The number of rotatable bonds is 7. The topological polar surface area (TPSA) is 123 Å². The van der Waals surface area contributed by atoms with Crippen molar-refractivity contribution in [3.8, 4) is 28.9 Å². The first-order chi connectivity index (χ1) is 26.1. The van der Waals surface area contributed by atoms with Crippen molar-refractivity contribution in [3.05, 3.63) is 41.5 Å². The van der Waals surface area contributed by atoms with Gasteiger partial charge >= 0.3 is 6.01 Å². The summed E-state index contributed by atoms with van der Waals surface area (Å²) < 4.78 is 55.2. The van der Waals surface area contributed by atoms with E-state index in [0.29, 0.717) is 60.5 Å². The van der Waals surface area contributed by atoms with E-state index in [4.69, 9.17) is 23.9 Å². The summed E-state index contributed by atoms with van der Waals surface area (Å²) in [6.07, 6.45) is 9.35. The lowest BCUT2D eigenvalue weighted by Gasteiger charge is -2.44. The molecule has 5 heterocycles. The minimum absolute atomic E-state index is 0.0135. The number of aromatic hydroxyl groups is 1. The zero-order valence-corrected chi connectivity index (χ0v) is 31.9. The number of likely N-dealkylation sites (tertiary alicyclic amines) is 1. The van der Waals surface area contributed by atoms with Crippen LogP contribution in [0.3, 0.4) is 0 Å². The van der Waals surface area contributed by atoms with Crippen LogP contribution in [0.2, 0.25) is 0 Å². The van der Waals surface area contributed by atoms with Crippen LogP contribution in [0.25, 0.3) is 32.9 Å². The van der Waals surface area contributed by atoms with Crippen LogP contribution in [0.5, 0.6) is 17.6 Å². The Kier molecular flexibility index (Phi) is 11.7. The first kappa shape index (κ1) is 38.4. The van der Waals surface area contributed by atoms with Gasteiger partial charge in [-0.3, -0.25) is 0 Å². The second kappa shape index (κ2) is 16.4. The molecule has 4 aliphatic rings. The molecule has 2 N–H and O–H groups in total. The molecular weight excluding hydrogens is 696 g/mol. The van der Waals surface area contributed by atoms with Crippen molar-refractivity contribution in [2.24, 2.45) is 5.41 Å². The Bertz CT molecular complexity index is 1960. The fourth-order valence-electron chi connectivity index (χ4n) is 9.03. The van der Waals surface area contributed by atoms with E-state index in [1.807, 2.05) is 11.8 Å². The maximum atomic E-state index is 17.1. The van der Waals surface area contributed by atoms with E-state index in [9.17, 15) is 10.2 Å². The number of fused-ring (bicyclic) bond motifs is 3. The predicted molar refractivity (Wildman–Crippen MR) is 204 cm³/mol. The normalized spacial score (nSPS) is 24.9. The Hall–Kier alpha value is -3.91. The molecule has 1 aliphatic carbocycles. The zero-order valence-electron chi connectivity index (χ0n) is 31.9. The van der Waals surface area contributed by atoms with Gasteiger partial charge in [0.1, 0.15) is 34.0 Å². The van der Waals surface area contributed by atoms with Gasteiger partial charge < -0.3 is 39.0 Å². The number of phenolic OH excluding ortho intramolecular Hbond substituents is 1. The molecule has 11 nitrogen and oxygen atoms in total. The number of aryl methyl sites for hydroxylation is 1. The van der Waals surface area contributed by atoms with Crippen LogP contribution in [0.15, 0.2) is 24.3 Å². The molecule has 3 aliphatic heterocycles. The van der Waals surface area contributed by atoms with Crippen LogP contribution in [-0.4, -0.2) is 109 Å². The molecule has 292 valence electrons. The third kappa shape index (κ3) is 7.65. The maximum Gasteiger partial charge on any atom is 0.319 e. The average Bonchev–Trinajstić information content (AvgIpc) is 3.49. The van der Waals surface area contributed by atoms with Crippen LogP contribution in [-0.2, 0) is 15.9 Å². The summed E-state index contributed by atoms with van der Waals surface area (Å²) in [5.41, 5.74) is 0.325. The van der Waals surface area contributed by atoms with Gasteiger partial charge in [0.2, 0.25) is 5.88 Å². The molecule has 54 heavy (non-hydrogen) atoms. The number of aliphatic hydroxyl groups excluding tert-OH is 1. The molecule has 3 unspecified atom stereocenters. The third-order valence-corrected chi connectivity index (χ3v) is 11.7. The molecule has 4 aromatic rings. The molecule has 0 bridgehead atoms. The van der Waals surface area contributed by atoms with Crippen molar-refractivity contribution in [2.75, 3.05) is 65.1 Å². The lowest BCUT2D eigenvalue weighted by atomic mass is 9.76. The summed E-state index contributed by atoms with van der Waals surface area (Å²) in [7, 11) is 3.59. The van der Waals surface area contributed by atoms with Crippen LogP contribution in [0, 0.1) is 17.0 Å². The van der Waals surface area contributed by atoms with E-state index in [1.165, 1.54) is 44.6 Å². The fourth-order valence-corrected chi connectivity index (χ4v) is 9.03. The van der Waals surface area contributed by atoms with Gasteiger partial charge in [0.05, 0.1) is 39.1 Å². The SMILES string of the molecule is CCc1c(F)ccc2cc(O)cc(-c3nc(OC)c4c(N5CCOCC(O)C5)nc(OCC56CCCC5N(C)CCC6)nc4c3F)c12.C[C@H]1CCCCO1. The molecule has 2 aromatic carbocycles. The Balaban J connectivity index is 0.000000579. The number of benzene rings is 2. The number of phenols is 1. The summed E-state index contributed by atoms with van der Waals surface area (Å²) in [5, 5.41) is 22.5. The first-order valence-corrected chi connectivity index (χ1v) is 19.5. The van der Waals surface area contributed by atoms with Crippen LogP contribution in [0.1, 0.15) is 70.8 Å². The average molecular weight is 750 g/mol. The van der Waals surface area contributed by atoms with Gasteiger partial charge in [-0.15, -0.1) is 0 Å². The maximum absolute atomic E-state index is 17.1. The molecule has 1 saturated carbocycles. The number of hydrogen-bond donors (Lipinski definition) is 2. The van der Waals surface area contributed by atoms with Crippen molar-refractivity contribution >= 4 is 27.5 Å². The second-order valence-electron chi connectivity index (χ2n) is 15.3. The van der Waals surface area contributed by atoms with Gasteiger partial charge in [0.25, 0.3) is 0 Å². The Labute approximate surface area is 315 Å². The molecule has 8 rings (SSSR count). The molecule has 0 radical (unpaired) electrons. The molecule has 4 fully saturated rings. The molecule has 0 spiro atoms. The number of β-amino-alcohol motifs (C(OH)–C–C–N with tert-alkyl or cyclic N) is 1. The lowest BCUT2D eigenvalue weighted by Crippen LogP contribution is -2.50. The quantitative estimate of drug-likeness (QED) is 0.207. The van der Waals surface area contributed by atoms with Crippen LogP contribution >= 0.6 is 0 Å². The molecule has 13 heteroatoms. The standard InChI is InChI=1S/C35H41F2N5O5.C6H12O/c1-4-23-25(36)9-8-20-15-21(43)16-24(27(20)23)30-29(37)31-28(33(38-30)45-3)32(42-13-14-46-18-22(44)17-42)40-34(39-31)47-19-35-10-5-7-26(35)41(2)12-6-11-35;1-6-4-2-3-5-7-6/h8-9,15-16,22,26,43-44H,4-7,10-14,17-19H2,1-3H3;6H,2-5H2,1H3/t;6-/m.0/s1. The smallest absolute Gasteiger partial charge is 0.319 e. The van der Waals surface area contributed by atoms with Crippen molar-refractivity contribution in [3.63, 3.8) is 0 Å². The van der Waals surface area contributed by atoms with Gasteiger partial charge in [-0.05, 0) is 106 Å².